The predicted molar refractivity (Wildman–Crippen MR) is 94.8 cm³/mol. The molecule has 0 aliphatic carbocycles. The summed E-state index contributed by atoms with van der Waals surface area (Å²) in [4.78, 5) is 17.1. The molecule has 3 aromatic rings. The summed E-state index contributed by atoms with van der Waals surface area (Å²) >= 11 is 0. The molecule has 1 N–H and O–H groups in total. The summed E-state index contributed by atoms with van der Waals surface area (Å²) < 4.78 is 15.1. The smallest absolute Gasteiger partial charge is 0.252 e. The van der Waals surface area contributed by atoms with Crippen molar-refractivity contribution in [2.75, 3.05) is 0 Å². The molecule has 0 aliphatic rings. The Morgan fingerprint density at radius 2 is 1.76 bits per heavy atom. The number of hydrogen-bond acceptors (Lipinski definition) is 2. The van der Waals surface area contributed by atoms with E-state index in [0.29, 0.717) is 11.4 Å². The third-order valence-corrected chi connectivity index (χ3v) is 4.08. The Morgan fingerprint density at radius 1 is 1.12 bits per heavy atom. The number of aromatic nitrogens is 2. The fraction of sp³-hybridized carbons (Fsp3) is 0.200. The number of halogens is 1. The first-order valence-electron chi connectivity index (χ1n) is 8.06. The van der Waals surface area contributed by atoms with Crippen LogP contribution in [0.1, 0.15) is 38.9 Å². The molecule has 0 saturated carbocycles. The monoisotopic (exact) mass is 337 g/mol. The van der Waals surface area contributed by atoms with Gasteiger partial charge in [-0.05, 0) is 43.7 Å². The second-order valence-electron chi connectivity index (χ2n) is 6.23. The van der Waals surface area contributed by atoms with Crippen LogP contribution in [-0.4, -0.2) is 15.5 Å². The molecule has 0 bridgehead atoms. The van der Waals surface area contributed by atoms with Gasteiger partial charge < -0.3 is 9.88 Å². The highest BCUT2D eigenvalue weighted by Gasteiger charge is 2.21. The molecule has 1 heterocycles. The van der Waals surface area contributed by atoms with Crippen LogP contribution in [-0.2, 0) is 7.05 Å². The Morgan fingerprint density at radius 3 is 2.32 bits per heavy atom. The van der Waals surface area contributed by atoms with E-state index in [9.17, 15) is 9.18 Å². The second-order valence-corrected chi connectivity index (χ2v) is 6.23. The van der Waals surface area contributed by atoms with Crippen molar-refractivity contribution >= 4 is 5.91 Å². The third-order valence-electron chi connectivity index (χ3n) is 4.08. The summed E-state index contributed by atoms with van der Waals surface area (Å²) in [5.74, 6) is 0.177. The molecule has 0 radical (unpaired) electrons. The number of carbonyl (C=O) groups is 1. The molecule has 0 spiro atoms. The number of carbonyl (C=O) groups excluding carboxylic acids is 1. The Labute approximate surface area is 146 Å². The van der Waals surface area contributed by atoms with E-state index >= 15 is 0 Å². The third kappa shape index (κ3) is 3.76. The molecular formula is C20H20FN3O. The molecule has 4 nitrogen and oxygen atoms in total. The number of aryl methyl sites for hydroxylation is 3. The van der Waals surface area contributed by atoms with Crippen molar-refractivity contribution in [2.24, 2.45) is 7.05 Å². The van der Waals surface area contributed by atoms with Crippen molar-refractivity contribution in [1.29, 1.82) is 0 Å². The first kappa shape index (κ1) is 16.9. The first-order valence-corrected chi connectivity index (χ1v) is 8.06. The van der Waals surface area contributed by atoms with E-state index in [2.05, 4.69) is 10.3 Å². The normalized spacial score (nSPS) is 12.0. The number of hydrogen-bond donors (Lipinski definition) is 1. The summed E-state index contributed by atoms with van der Waals surface area (Å²) in [6.45, 7) is 3.92. The van der Waals surface area contributed by atoms with E-state index in [1.165, 1.54) is 12.1 Å². The largest absolute Gasteiger partial charge is 0.338 e. The fourth-order valence-corrected chi connectivity index (χ4v) is 2.93. The van der Waals surface area contributed by atoms with Gasteiger partial charge in [0.15, 0.2) is 0 Å². The Bertz CT molecular complexity index is 879. The van der Waals surface area contributed by atoms with Crippen LogP contribution in [0, 0.1) is 19.7 Å². The van der Waals surface area contributed by atoms with Crippen LogP contribution < -0.4 is 5.32 Å². The van der Waals surface area contributed by atoms with Gasteiger partial charge in [0.1, 0.15) is 17.7 Å². The summed E-state index contributed by atoms with van der Waals surface area (Å²) in [5.41, 5.74) is 3.42. The Balaban J connectivity index is 1.96. The zero-order valence-corrected chi connectivity index (χ0v) is 14.5. The topological polar surface area (TPSA) is 46.9 Å². The van der Waals surface area contributed by atoms with Gasteiger partial charge in [0.2, 0.25) is 0 Å². The van der Waals surface area contributed by atoms with Crippen LogP contribution in [0.25, 0.3) is 0 Å². The average molecular weight is 337 g/mol. The Kier molecular flexibility index (Phi) is 4.65. The van der Waals surface area contributed by atoms with Crippen molar-refractivity contribution in [1.82, 2.24) is 14.9 Å². The maximum absolute atomic E-state index is 13.3. The number of nitrogens with zero attached hydrogens (tertiary/aromatic N) is 2. The zero-order valence-electron chi connectivity index (χ0n) is 14.5. The standard InChI is InChI=1S/C20H20FN3O/c1-13-10-14(2)12-16(11-13)20(25)23-18(19-22-8-9-24(19)3)15-4-6-17(21)7-5-15/h4-12,18H,1-3H3,(H,23,25)/t18-/m0/s1. The summed E-state index contributed by atoms with van der Waals surface area (Å²) in [7, 11) is 1.86. The number of amides is 1. The van der Waals surface area contributed by atoms with E-state index in [-0.39, 0.29) is 11.7 Å². The quantitative estimate of drug-likeness (QED) is 0.789. The van der Waals surface area contributed by atoms with Crippen LogP contribution in [0.2, 0.25) is 0 Å². The molecule has 1 atom stereocenters. The van der Waals surface area contributed by atoms with Crippen LogP contribution >= 0.6 is 0 Å². The van der Waals surface area contributed by atoms with E-state index in [1.54, 1.807) is 18.3 Å². The lowest BCUT2D eigenvalue weighted by Crippen LogP contribution is -2.31. The van der Waals surface area contributed by atoms with Crippen molar-refractivity contribution < 1.29 is 9.18 Å². The lowest BCUT2D eigenvalue weighted by molar-refractivity contribution is 0.0941. The zero-order chi connectivity index (χ0) is 18.0. The summed E-state index contributed by atoms with van der Waals surface area (Å²) in [6, 6.07) is 11.3. The van der Waals surface area contributed by atoms with Crippen LogP contribution in [0.3, 0.4) is 0 Å². The molecular weight excluding hydrogens is 317 g/mol. The van der Waals surface area contributed by atoms with Crippen molar-refractivity contribution in [3.05, 3.63) is 88.8 Å². The molecule has 1 amide bonds. The highest BCUT2D eigenvalue weighted by atomic mass is 19.1. The van der Waals surface area contributed by atoms with Gasteiger partial charge in [0, 0.05) is 25.0 Å². The van der Waals surface area contributed by atoms with E-state index < -0.39 is 6.04 Å². The van der Waals surface area contributed by atoms with Gasteiger partial charge in [-0.1, -0.05) is 29.3 Å². The highest BCUT2D eigenvalue weighted by molar-refractivity contribution is 5.95. The van der Waals surface area contributed by atoms with Gasteiger partial charge in [-0.2, -0.15) is 0 Å². The molecule has 0 saturated heterocycles. The van der Waals surface area contributed by atoms with Crippen LogP contribution in [0.4, 0.5) is 4.39 Å². The minimum absolute atomic E-state index is 0.191. The lowest BCUT2D eigenvalue weighted by Gasteiger charge is -2.19. The van der Waals surface area contributed by atoms with E-state index in [0.717, 1.165) is 16.7 Å². The maximum atomic E-state index is 13.3. The highest BCUT2D eigenvalue weighted by Crippen LogP contribution is 2.22. The molecule has 5 heteroatoms. The number of benzene rings is 2. The molecule has 0 aliphatic heterocycles. The molecule has 0 fully saturated rings. The van der Waals surface area contributed by atoms with Gasteiger partial charge in [0.25, 0.3) is 5.91 Å². The minimum atomic E-state index is -0.464. The predicted octanol–water partition coefficient (Wildman–Crippen LogP) is 3.70. The minimum Gasteiger partial charge on any atom is -0.338 e. The lowest BCUT2D eigenvalue weighted by atomic mass is 10.0. The molecule has 25 heavy (non-hydrogen) atoms. The van der Waals surface area contributed by atoms with Gasteiger partial charge in [0.05, 0.1) is 0 Å². The van der Waals surface area contributed by atoms with Gasteiger partial charge in [-0.25, -0.2) is 9.37 Å². The van der Waals surface area contributed by atoms with Crippen molar-refractivity contribution in [3.63, 3.8) is 0 Å². The summed E-state index contributed by atoms with van der Waals surface area (Å²) in [6.07, 6.45) is 3.49. The molecule has 1 aromatic heterocycles. The molecule has 0 unspecified atom stereocenters. The van der Waals surface area contributed by atoms with Crippen LogP contribution in [0.15, 0.2) is 54.9 Å². The summed E-state index contributed by atoms with van der Waals surface area (Å²) in [5, 5.41) is 3.02. The molecule has 128 valence electrons. The van der Waals surface area contributed by atoms with Gasteiger partial charge >= 0.3 is 0 Å². The fourth-order valence-electron chi connectivity index (χ4n) is 2.93. The maximum Gasteiger partial charge on any atom is 0.252 e. The molecule has 2 aromatic carbocycles. The van der Waals surface area contributed by atoms with Gasteiger partial charge in [-0.3, -0.25) is 4.79 Å². The number of nitrogens with one attached hydrogen (secondary N) is 1. The van der Waals surface area contributed by atoms with E-state index in [4.69, 9.17) is 0 Å². The van der Waals surface area contributed by atoms with Gasteiger partial charge in [-0.15, -0.1) is 0 Å². The van der Waals surface area contributed by atoms with Crippen molar-refractivity contribution in [2.45, 2.75) is 19.9 Å². The van der Waals surface area contributed by atoms with Crippen LogP contribution in [0.5, 0.6) is 0 Å². The Hall–Kier alpha value is -2.95. The average Bonchev–Trinajstić information content (AvgIpc) is 2.98. The number of rotatable bonds is 4. The van der Waals surface area contributed by atoms with E-state index in [1.807, 2.05) is 49.9 Å². The SMILES string of the molecule is Cc1cc(C)cc(C(=O)N[C@@H](c2ccc(F)cc2)c2nccn2C)c1. The van der Waals surface area contributed by atoms with Crippen molar-refractivity contribution in [3.8, 4) is 0 Å². The molecule has 3 rings (SSSR count). The number of imidazole rings is 1. The second kappa shape index (κ2) is 6.89. The first-order chi connectivity index (χ1) is 11.9.